The molecule has 1 heterocycles. The van der Waals surface area contributed by atoms with E-state index in [4.69, 9.17) is 26.8 Å². The minimum Gasteiger partial charge on any atom is -0.493 e. The van der Waals surface area contributed by atoms with Crippen LogP contribution in [0.5, 0.6) is 17.2 Å². The standard InChI is InChI=1S/C11H10ClN3O2/c1-16-7-4-2-3-5-8(7)17-9-10(12)14-6-15-11(9)13/h2-6H,1H3,(H2,13,14,15). The quantitative estimate of drug-likeness (QED) is 0.849. The van der Waals surface area contributed by atoms with E-state index in [2.05, 4.69) is 9.97 Å². The van der Waals surface area contributed by atoms with E-state index < -0.39 is 0 Å². The van der Waals surface area contributed by atoms with Gasteiger partial charge in [0, 0.05) is 0 Å². The van der Waals surface area contributed by atoms with E-state index in [1.807, 2.05) is 12.1 Å². The number of hydrogen-bond acceptors (Lipinski definition) is 5. The molecule has 0 saturated carbocycles. The SMILES string of the molecule is COc1ccccc1Oc1c(N)ncnc1Cl. The Labute approximate surface area is 103 Å². The summed E-state index contributed by atoms with van der Waals surface area (Å²) in [7, 11) is 1.55. The number of aromatic nitrogens is 2. The van der Waals surface area contributed by atoms with Crippen molar-refractivity contribution in [3.05, 3.63) is 35.7 Å². The van der Waals surface area contributed by atoms with Crippen molar-refractivity contribution in [2.45, 2.75) is 0 Å². The maximum Gasteiger partial charge on any atom is 0.206 e. The topological polar surface area (TPSA) is 70.3 Å². The molecule has 0 radical (unpaired) electrons. The zero-order chi connectivity index (χ0) is 12.3. The smallest absolute Gasteiger partial charge is 0.206 e. The number of nitrogens with two attached hydrogens (primary N) is 1. The van der Waals surface area contributed by atoms with Crippen LogP contribution in [0, 0.1) is 0 Å². The lowest BCUT2D eigenvalue weighted by Crippen LogP contribution is -1.98. The Morgan fingerprint density at radius 3 is 2.53 bits per heavy atom. The number of hydrogen-bond donors (Lipinski definition) is 1. The van der Waals surface area contributed by atoms with Crippen LogP contribution in [0.3, 0.4) is 0 Å². The van der Waals surface area contributed by atoms with Crippen LogP contribution in [0.1, 0.15) is 0 Å². The van der Waals surface area contributed by atoms with Crippen LogP contribution in [-0.4, -0.2) is 17.1 Å². The molecule has 0 spiro atoms. The van der Waals surface area contributed by atoms with Gasteiger partial charge in [0.1, 0.15) is 6.33 Å². The van der Waals surface area contributed by atoms with E-state index in [0.717, 1.165) is 0 Å². The second-order valence-corrected chi connectivity index (χ2v) is 3.49. The molecule has 0 aliphatic heterocycles. The number of halogens is 1. The molecule has 0 saturated heterocycles. The van der Waals surface area contributed by atoms with Crippen molar-refractivity contribution >= 4 is 17.4 Å². The summed E-state index contributed by atoms with van der Waals surface area (Å²) in [6, 6.07) is 7.15. The molecule has 2 rings (SSSR count). The number of benzene rings is 1. The number of methoxy groups -OCH3 is 1. The summed E-state index contributed by atoms with van der Waals surface area (Å²) in [5, 5.41) is 0.156. The number of para-hydroxylation sites is 2. The van der Waals surface area contributed by atoms with Crippen LogP contribution in [0.25, 0.3) is 0 Å². The second-order valence-electron chi connectivity index (χ2n) is 3.13. The highest BCUT2D eigenvalue weighted by molar-refractivity contribution is 6.31. The van der Waals surface area contributed by atoms with Crippen LogP contribution < -0.4 is 15.2 Å². The molecule has 17 heavy (non-hydrogen) atoms. The van der Waals surface area contributed by atoms with Gasteiger partial charge in [0.15, 0.2) is 22.5 Å². The Balaban J connectivity index is 2.38. The maximum absolute atomic E-state index is 5.88. The van der Waals surface area contributed by atoms with Gasteiger partial charge in [0.25, 0.3) is 0 Å². The van der Waals surface area contributed by atoms with Gasteiger partial charge >= 0.3 is 0 Å². The van der Waals surface area contributed by atoms with Crippen molar-refractivity contribution in [2.24, 2.45) is 0 Å². The van der Waals surface area contributed by atoms with Crippen molar-refractivity contribution in [1.82, 2.24) is 9.97 Å². The van der Waals surface area contributed by atoms with Gasteiger partial charge in [-0.15, -0.1) is 0 Å². The number of anilines is 1. The molecule has 0 fully saturated rings. The van der Waals surface area contributed by atoms with E-state index in [0.29, 0.717) is 11.5 Å². The fourth-order valence-corrected chi connectivity index (χ4v) is 1.45. The van der Waals surface area contributed by atoms with Crippen molar-refractivity contribution in [2.75, 3.05) is 12.8 Å². The molecular formula is C11H10ClN3O2. The molecule has 0 aliphatic rings. The largest absolute Gasteiger partial charge is 0.493 e. The summed E-state index contributed by atoms with van der Waals surface area (Å²) in [5.74, 6) is 1.47. The molecule has 0 aliphatic carbocycles. The normalized spacial score (nSPS) is 10.0. The van der Waals surface area contributed by atoms with E-state index in [-0.39, 0.29) is 16.7 Å². The Morgan fingerprint density at radius 1 is 1.18 bits per heavy atom. The third kappa shape index (κ3) is 2.39. The lowest BCUT2D eigenvalue weighted by Gasteiger charge is -2.11. The molecule has 6 heteroatoms. The van der Waals surface area contributed by atoms with E-state index >= 15 is 0 Å². The number of rotatable bonds is 3. The molecule has 0 amide bonds. The van der Waals surface area contributed by atoms with E-state index in [9.17, 15) is 0 Å². The third-order valence-corrected chi connectivity index (χ3v) is 2.34. The van der Waals surface area contributed by atoms with Crippen LogP contribution in [0.15, 0.2) is 30.6 Å². The third-order valence-electron chi connectivity index (χ3n) is 2.07. The highest BCUT2D eigenvalue weighted by atomic mass is 35.5. The van der Waals surface area contributed by atoms with Crippen LogP contribution in [0.2, 0.25) is 5.15 Å². The predicted molar refractivity (Wildman–Crippen MR) is 64.5 cm³/mol. The van der Waals surface area contributed by atoms with Gasteiger partial charge in [0.05, 0.1) is 7.11 Å². The Morgan fingerprint density at radius 2 is 1.88 bits per heavy atom. The van der Waals surface area contributed by atoms with Crippen molar-refractivity contribution < 1.29 is 9.47 Å². The number of nitrogen functional groups attached to an aromatic ring is 1. The van der Waals surface area contributed by atoms with Gasteiger partial charge in [0.2, 0.25) is 5.75 Å². The minimum atomic E-state index is 0.156. The average molecular weight is 252 g/mol. The molecule has 1 aromatic heterocycles. The summed E-state index contributed by atoms with van der Waals surface area (Å²) in [5.41, 5.74) is 5.66. The van der Waals surface area contributed by atoms with Crippen LogP contribution >= 0.6 is 11.6 Å². The fraction of sp³-hybridized carbons (Fsp3) is 0.0909. The van der Waals surface area contributed by atoms with Crippen LogP contribution in [-0.2, 0) is 0 Å². The molecule has 0 bridgehead atoms. The monoisotopic (exact) mass is 251 g/mol. The van der Waals surface area contributed by atoms with Gasteiger partial charge in [-0.1, -0.05) is 23.7 Å². The first kappa shape index (κ1) is 11.5. The fourth-order valence-electron chi connectivity index (χ4n) is 1.27. The van der Waals surface area contributed by atoms with Gasteiger partial charge in [-0.3, -0.25) is 0 Å². The first-order chi connectivity index (χ1) is 8.22. The molecule has 0 unspecified atom stereocenters. The van der Waals surface area contributed by atoms with E-state index in [1.54, 1.807) is 19.2 Å². The zero-order valence-electron chi connectivity index (χ0n) is 9.05. The molecule has 88 valence electrons. The van der Waals surface area contributed by atoms with Gasteiger partial charge < -0.3 is 15.2 Å². The van der Waals surface area contributed by atoms with Gasteiger partial charge in [-0.2, -0.15) is 0 Å². The maximum atomic E-state index is 5.88. The minimum absolute atomic E-state index is 0.156. The molecule has 5 nitrogen and oxygen atoms in total. The van der Waals surface area contributed by atoms with E-state index in [1.165, 1.54) is 6.33 Å². The molecule has 2 N–H and O–H groups in total. The molecule has 2 aromatic rings. The Hall–Kier alpha value is -2.01. The summed E-state index contributed by atoms with van der Waals surface area (Å²) < 4.78 is 10.7. The van der Waals surface area contributed by atoms with Gasteiger partial charge in [-0.05, 0) is 12.1 Å². The Kier molecular flexibility index (Phi) is 3.30. The first-order valence-corrected chi connectivity index (χ1v) is 5.17. The molecular weight excluding hydrogens is 242 g/mol. The second kappa shape index (κ2) is 4.88. The van der Waals surface area contributed by atoms with Crippen LogP contribution in [0.4, 0.5) is 5.82 Å². The summed E-state index contributed by atoms with van der Waals surface area (Å²) >= 11 is 5.88. The van der Waals surface area contributed by atoms with Crippen molar-refractivity contribution in [1.29, 1.82) is 0 Å². The van der Waals surface area contributed by atoms with Crippen molar-refractivity contribution in [3.8, 4) is 17.2 Å². The summed E-state index contributed by atoms with van der Waals surface area (Å²) in [6.45, 7) is 0. The predicted octanol–water partition coefficient (Wildman–Crippen LogP) is 2.51. The average Bonchev–Trinajstić information content (AvgIpc) is 2.34. The first-order valence-electron chi connectivity index (χ1n) is 4.79. The number of ether oxygens (including phenoxy) is 2. The summed E-state index contributed by atoms with van der Waals surface area (Å²) in [6.07, 6.45) is 1.27. The Bertz CT molecular complexity index is 514. The number of nitrogens with zero attached hydrogens (tertiary/aromatic N) is 2. The zero-order valence-corrected chi connectivity index (χ0v) is 9.81. The highest BCUT2D eigenvalue weighted by Crippen LogP contribution is 2.36. The molecule has 0 atom stereocenters. The lowest BCUT2D eigenvalue weighted by atomic mass is 10.3. The highest BCUT2D eigenvalue weighted by Gasteiger charge is 2.12. The molecule has 1 aromatic carbocycles. The van der Waals surface area contributed by atoms with Gasteiger partial charge in [-0.25, -0.2) is 9.97 Å². The lowest BCUT2D eigenvalue weighted by molar-refractivity contribution is 0.378. The summed E-state index contributed by atoms with van der Waals surface area (Å²) in [4.78, 5) is 7.61. The van der Waals surface area contributed by atoms with Crippen molar-refractivity contribution in [3.63, 3.8) is 0 Å².